The molecule has 0 radical (unpaired) electrons. The number of ether oxygens (including phenoxy) is 2. The summed E-state index contributed by atoms with van der Waals surface area (Å²) in [4.78, 5) is 0. The van der Waals surface area contributed by atoms with Crippen molar-refractivity contribution in [3.05, 3.63) is 11.6 Å². The fourth-order valence-electron chi connectivity index (χ4n) is 1.35. The first-order valence-corrected chi connectivity index (χ1v) is 6.53. The third-order valence-electron chi connectivity index (χ3n) is 2.28. The van der Waals surface area contributed by atoms with Gasteiger partial charge in [-0.2, -0.15) is 0 Å². The van der Waals surface area contributed by atoms with Gasteiger partial charge in [-0.15, -0.1) is 0 Å². The quantitative estimate of drug-likeness (QED) is 0.431. The van der Waals surface area contributed by atoms with E-state index >= 15 is 0 Å². The lowest BCUT2D eigenvalue weighted by atomic mass is 10.0. The standard InChI is InChI=1S/C15H26O3/c1-6-17-14(18-7-2)10-12-15(5,16)11-8-9-13(3)4/h9,14,16H,6-8,11H2,1-5H3. The van der Waals surface area contributed by atoms with Gasteiger partial charge in [0.25, 0.3) is 0 Å². The van der Waals surface area contributed by atoms with Crippen LogP contribution in [0.2, 0.25) is 0 Å². The van der Waals surface area contributed by atoms with Gasteiger partial charge in [0.1, 0.15) is 5.60 Å². The molecule has 18 heavy (non-hydrogen) atoms. The average Bonchev–Trinajstić information content (AvgIpc) is 2.26. The van der Waals surface area contributed by atoms with Crippen LogP contribution in [0.15, 0.2) is 11.6 Å². The minimum absolute atomic E-state index is 0.541. The van der Waals surface area contributed by atoms with Crippen molar-refractivity contribution < 1.29 is 14.6 Å². The molecular weight excluding hydrogens is 228 g/mol. The highest BCUT2D eigenvalue weighted by molar-refractivity contribution is 5.14. The smallest absolute Gasteiger partial charge is 0.222 e. The van der Waals surface area contributed by atoms with Gasteiger partial charge in [-0.05, 0) is 53.4 Å². The molecule has 0 aliphatic carbocycles. The molecule has 0 bridgehead atoms. The Labute approximate surface area is 111 Å². The van der Waals surface area contributed by atoms with Gasteiger partial charge in [0.05, 0.1) is 0 Å². The highest BCUT2D eigenvalue weighted by Crippen LogP contribution is 2.12. The van der Waals surface area contributed by atoms with Crippen LogP contribution >= 0.6 is 0 Å². The van der Waals surface area contributed by atoms with Crippen LogP contribution in [0, 0.1) is 11.8 Å². The molecule has 1 unspecified atom stereocenters. The molecule has 0 aliphatic rings. The topological polar surface area (TPSA) is 38.7 Å². The van der Waals surface area contributed by atoms with Crippen molar-refractivity contribution in [2.45, 2.75) is 59.4 Å². The average molecular weight is 254 g/mol. The second-order valence-electron chi connectivity index (χ2n) is 4.61. The fraction of sp³-hybridized carbons (Fsp3) is 0.733. The molecule has 3 heteroatoms. The maximum Gasteiger partial charge on any atom is 0.222 e. The highest BCUT2D eigenvalue weighted by atomic mass is 16.7. The lowest BCUT2D eigenvalue weighted by molar-refractivity contribution is -0.0973. The van der Waals surface area contributed by atoms with E-state index in [4.69, 9.17) is 9.47 Å². The molecule has 1 N–H and O–H groups in total. The van der Waals surface area contributed by atoms with Crippen LogP contribution < -0.4 is 0 Å². The minimum atomic E-state index is -1.00. The molecule has 3 nitrogen and oxygen atoms in total. The Morgan fingerprint density at radius 1 is 1.28 bits per heavy atom. The van der Waals surface area contributed by atoms with E-state index in [2.05, 4.69) is 17.9 Å². The molecule has 0 aliphatic heterocycles. The maximum absolute atomic E-state index is 10.1. The van der Waals surface area contributed by atoms with Gasteiger partial charge in [-0.25, -0.2) is 0 Å². The summed E-state index contributed by atoms with van der Waals surface area (Å²) in [5, 5.41) is 10.1. The number of hydrogen-bond donors (Lipinski definition) is 1. The van der Waals surface area contributed by atoms with Crippen molar-refractivity contribution in [3.63, 3.8) is 0 Å². The van der Waals surface area contributed by atoms with Crippen LogP contribution in [0.25, 0.3) is 0 Å². The number of hydrogen-bond acceptors (Lipinski definition) is 3. The van der Waals surface area contributed by atoms with Crippen molar-refractivity contribution in [1.29, 1.82) is 0 Å². The molecule has 0 aromatic carbocycles. The molecule has 0 saturated heterocycles. The second kappa shape index (κ2) is 9.16. The predicted molar refractivity (Wildman–Crippen MR) is 74.1 cm³/mol. The number of allylic oxidation sites excluding steroid dienone is 2. The first-order chi connectivity index (χ1) is 8.41. The Morgan fingerprint density at radius 2 is 1.83 bits per heavy atom. The zero-order valence-corrected chi connectivity index (χ0v) is 12.2. The van der Waals surface area contributed by atoms with Crippen molar-refractivity contribution in [2.24, 2.45) is 0 Å². The summed E-state index contributed by atoms with van der Waals surface area (Å²) in [6, 6.07) is 0. The summed E-state index contributed by atoms with van der Waals surface area (Å²) in [5.74, 6) is 5.66. The van der Waals surface area contributed by atoms with Crippen molar-refractivity contribution in [1.82, 2.24) is 0 Å². The first kappa shape index (κ1) is 17.2. The predicted octanol–water partition coefficient (Wildman–Crippen LogP) is 2.89. The van der Waals surface area contributed by atoms with Crippen LogP contribution in [-0.4, -0.2) is 30.2 Å². The summed E-state index contributed by atoms with van der Waals surface area (Å²) in [5.41, 5.74) is 0.249. The van der Waals surface area contributed by atoms with E-state index in [1.807, 2.05) is 27.7 Å². The molecule has 0 saturated carbocycles. The number of aliphatic hydroxyl groups is 1. The lowest BCUT2D eigenvalue weighted by Gasteiger charge is -2.16. The number of rotatable bonds is 7. The molecule has 104 valence electrons. The monoisotopic (exact) mass is 254 g/mol. The Morgan fingerprint density at radius 3 is 2.28 bits per heavy atom. The maximum atomic E-state index is 10.1. The van der Waals surface area contributed by atoms with Crippen LogP contribution in [0.3, 0.4) is 0 Å². The van der Waals surface area contributed by atoms with Crippen molar-refractivity contribution >= 4 is 0 Å². The lowest BCUT2D eigenvalue weighted by Crippen LogP contribution is -2.23. The molecule has 0 fully saturated rings. The largest absolute Gasteiger partial charge is 0.378 e. The molecule has 0 heterocycles. The fourth-order valence-corrected chi connectivity index (χ4v) is 1.35. The molecular formula is C15H26O3. The Bertz CT molecular complexity index is 297. The van der Waals surface area contributed by atoms with Crippen LogP contribution in [0.4, 0.5) is 0 Å². The minimum Gasteiger partial charge on any atom is -0.378 e. The van der Waals surface area contributed by atoms with Gasteiger partial charge in [-0.1, -0.05) is 17.6 Å². The molecule has 1 atom stereocenters. The van der Waals surface area contributed by atoms with Gasteiger partial charge in [0.2, 0.25) is 6.29 Å². The van der Waals surface area contributed by atoms with E-state index in [-0.39, 0.29) is 0 Å². The molecule has 0 aromatic heterocycles. The van der Waals surface area contributed by atoms with Crippen molar-refractivity contribution in [3.8, 4) is 11.8 Å². The third-order valence-corrected chi connectivity index (χ3v) is 2.28. The van der Waals surface area contributed by atoms with Gasteiger partial charge >= 0.3 is 0 Å². The summed E-state index contributed by atoms with van der Waals surface area (Å²) >= 11 is 0. The zero-order valence-electron chi connectivity index (χ0n) is 12.2. The Kier molecular flexibility index (Phi) is 8.74. The van der Waals surface area contributed by atoms with Gasteiger partial charge in [-0.3, -0.25) is 0 Å². The summed E-state index contributed by atoms with van der Waals surface area (Å²) in [7, 11) is 0. The highest BCUT2D eigenvalue weighted by Gasteiger charge is 2.16. The van der Waals surface area contributed by atoms with Crippen LogP contribution in [0.5, 0.6) is 0 Å². The molecule has 0 aromatic rings. The summed E-state index contributed by atoms with van der Waals surface area (Å²) < 4.78 is 10.6. The second-order valence-corrected chi connectivity index (χ2v) is 4.61. The Balaban J connectivity index is 4.38. The van der Waals surface area contributed by atoms with E-state index in [1.54, 1.807) is 6.92 Å². The van der Waals surface area contributed by atoms with Crippen molar-refractivity contribution in [2.75, 3.05) is 13.2 Å². The van der Waals surface area contributed by atoms with Gasteiger partial charge in [0.15, 0.2) is 0 Å². The molecule has 0 spiro atoms. The summed E-state index contributed by atoms with van der Waals surface area (Å²) in [6.07, 6.45) is 2.97. The van der Waals surface area contributed by atoms with E-state index < -0.39 is 11.9 Å². The van der Waals surface area contributed by atoms with E-state index in [0.717, 1.165) is 6.42 Å². The van der Waals surface area contributed by atoms with Gasteiger partial charge < -0.3 is 14.6 Å². The van der Waals surface area contributed by atoms with Gasteiger partial charge in [0, 0.05) is 13.2 Å². The zero-order chi connectivity index (χ0) is 14.0. The Hall–Kier alpha value is -0.820. The SMILES string of the molecule is CCOC(C#CC(C)(O)CCC=C(C)C)OCC. The van der Waals surface area contributed by atoms with Crippen LogP contribution in [0.1, 0.15) is 47.5 Å². The summed E-state index contributed by atoms with van der Waals surface area (Å²) in [6.45, 7) is 10.7. The van der Waals surface area contributed by atoms with Crippen LogP contribution in [-0.2, 0) is 9.47 Å². The molecule has 0 amide bonds. The first-order valence-electron chi connectivity index (χ1n) is 6.53. The van der Waals surface area contributed by atoms with E-state index in [9.17, 15) is 5.11 Å². The third kappa shape index (κ3) is 9.23. The molecule has 0 rings (SSSR count). The van der Waals surface area contributed by atoms with E-state index in [0.29, 0.717) is 19.6 Å². The van der Waals surface area contributed by atoms with E-state index in [1.165, 1.54) is 5.57 Å². The normalized spacial score (nSPS) is 13.7.